The Kier molecular flexibility index (Phi) is 5.13. The summed E-state index contributed by atoms with van der Waals surface area (Å²) < 4.78 is 57.5. The number of anilines is 1. The summed E-state index contributed by atoms with van der Waals surface area (Å²) in [4.78, 5) is 4.63. The first-order chi connectivity index (χ1) is 9.59. The van der Waals surface area contributed by atoms with E-state index >= 15 is 0 Å². The predicted octanol–water partition coefficient (Wildman–Crippen LogP) is 1.77. The minimum atomic E-state index is -1.65. The Morgan fingerprint density at radius 1 is 1.05 bits per heavy atom. The lowest BCUT2D eigenvalue weighted by atomic mass is 10.3. The first-order valence-electron chi connectivity index (χ1n) is 6.33. The molecule has 0 saturated carbocycles. The van der Waals surface area contributed by atoms with Gasteiger partial charge in [-0.3, -0.25) is 4.90 Å². The molecule has 0 aliphatic carbocycles. The number of rotatable bonds is 5. The quantitative estimate of drug-likeness (QED) is 0.510. The van der Waals surface area contributed by atoms with Crippen LogP contribution in [0.2, 0.25) is 0 Å². The summed E-state index contributed by atoms with van der Waals surface area (Å²) in [5.74, 6) is -6.32. The highest BCUT2D eigenvalue weighted by Gasteiger charge is 2.20. The van der Waals surface area contributed by atoms with Crippen LogP contribution in [0.3, 0.4) is 0 Å². The van der Waals surface area contributed by atoms with Crippen LogP contribution in [-0.2, 0) is 4.74 Å². The van der Waals surface area contributed by atoms with Crippen LogP contribution in [0.5, 0.6) is 0 Å². The van der Waals surface area contributed by atoms with Gasteiger partial charge in [0, 0.05) is 19.6 Å². The van der Waals surface area contributed by atoms with Gasteiger partial charge in [-0.15, -0.1) is 0 Å². The van der Waals surface area contributed by atoms with Gasteiger partial charge in [0.1, 0.15) is 5.69 Å². The van der Waals surface area contributed by atoms with Crippen LogP contribution in [0.1, 0.15) is 6.42 Å². The summed E-state index contributed by atoms with van der Waals surface area (Å²) in [5.41, 5.74) is -0.808. The van der Waals surface area contributed by atoms with Crippen molar-refractivity contribution >= 4 is 5.69 Å². The number of halogens is 4. The highest BCUT2D eigenvalue weighted by molar-refractivity contribution is 5.45. The SMILES string of the molecule is Fc1nc(F)c(F)c(NCCCN2CCOCC2)c1F. The van der Waals surface area contributed by atoms with Crippen LogP contribution in [0.4, 0.5) is 23.2 Å². The van der Waals surface area contributed by atoms with E-state index in [1.807, 2.05) is 0 Å². The van der Waals surface area contributed by atoms with Crippen LogP contribution in [0.25, 0.3) is 0 Å². The molecule has 1 fully saturated rings. The molecule has 0 amide bonds. The predicted molar refractivity (Wildman–Crippen MR) is 64.4 cm³/mol. The van der Waals surface area contributed by atoms with Crippen molar-refractivity contribution in [1.82, 2.24) is 9.88 Å². The zero-order chi connectivity index (χ0) is 14.5. The molecule has 1 aromatic rings. The first kappa shape index (κ1) is 15.0. The Balaban J connectivity index is 1.84. The van der Waals surface area contributed by atoms with Crippen LogP contribution in [0, 0.1) is 23.5 Å². The second-order valence-electron chi connectivity index (χ2n) is 4.43. The largest absolute Gasteiger partial charge is 0.380 e. The van der Waals surface area contributed by atoms with Gasteiger partial charge in [0.2, 0.25) is 11.6 Å². The number of nitrogens with zero attached hydrogens (tertiary/aromatic N) is 2. The molecule has 2 heterocycles. The summed E-state index contributed by atoms with van der Waals surface area (Å²) >= 11 is 0. The van der Waals surface area contributed by atoms with E-state index in [1.165, 1.54) is 0 Å². The van der Waals surface area contributed by atoms with Gasteiger partial charge in [-0.2, -0.15) is 22.5 Å². The van der Waals surface area contributed by atoms with E-state index in [4.69, 9.17) is 4.74 Å². The lowest BCUT2D eigenvalue weighted by Crippen LogP contribution is -2.37. The first-order valence-corrected chi connectivity index (χ1v) is 6.33. The maximum absolute atomic E-state index is 13.3. The molecule has 1 N–H and O–H groups in total. The van der Waals surface area contributed by atoms with E-state index in [9.17, 15) is 17.6 Å². The van der Waals surface area contributed by atoms with Gasteiger partial charge in [0.05, 0.1) is 13.2 Å². The fourth-order valence-corrected chi connectivity index (χ4v) is 1.98. The maximum atomic E-state index is 13.3. The van der Waals surface area contributed by atoms with Gasteiger partial charge >= 0.3 is 0 Å². The highest BCUT2D eigenvalue weighted by atomic mass is 19.2. The van der Waals surface area contributed by atoms with Gasteiger partial charge in [-0.05, 0) is 13.0 Å². The Morgan fingerprint density at radius 2 is 1.65 bits per heavy atom. The van der Waals surface area contributed by atoms with E-state index in [0.29, 0.717) is 19.6 Å². The average Bonchev–Trinajstić information content (AvgIpc) is 2.45. The normalized spacial score (nSPS) is 16.4. The Bertz CT molecular complexity index is 440. The Labute approximate surface area is 113 Å². The molecule has 0 aromatic carbocycles. The number of pyridine rings is 1. The van der Waals surface area contributed by atoms with Crippen LogP contribution < -0.4 is 5.32 Å². The van der Waals surface area contributed by atoms with Crippen molar-refractivity contribution in [2.24, 2.45) is 0 Å². The third-order valence-corrected chi connectivity index (χ3v) is 3.05. The second kappa shape index (κ2) is 6.85. The van der Waals surface area contributed by atoms with Crippen molar-refractivity contribution < 1.29 is 22.3 Å². The Morgan fingerprint density at radius 3 is 2.25 bits per heavy atom. The molecule has 0 unspecified atom stereocenters. The van der Waals surface area contributed by atoms with Crippen molar-refractivity contribution in [3.8, 4) is 0 Å². The van der Waals surface area contributed by atoms with E-state index in [2.05, 4.69) is 15.2 Å². The standard InChI is InChI=1S/C12H15F4N3O/c13-8-10(9(14)12(16)18-11(8)15)17-2-1-3-19-4-6-20-7-5-19/h1-7H2,(H,17,18). The van der Waals surface area contributed by atoms with Crippen molar-refractivity contribution in [3.05, 3.63) is 23.5 Å². The van der Waals surface area contributed by atoms with E-state index in [-0.39, 0.29) is 6.54 Å². The summed E-state index contributed by atoms with van der Waals surface area (Å²) in [6.07, 6.45) is 0.588. The molecule has 0 spiro atoms. The summed E-state index contributed by atoms with van der Waals surface area (Å²) in [6, 6.07) is 0. The minimum absolute atomic E-state index is 0.202. The summed E-state index contributed by atoms with van der Waals surface area (Å²) in [7, 11) is 0. The third-order valence-electron chi connectivity index (χ3n) is 3.05. The molecule has 1 aliphatic heterocycles. The molecular formula is C12H15F4N3O. The second-order valence-corrected chi connectivity index (χ2v) is 4.43. The van der Waals surface area contributed by atoms with Gasteiger partial charge in [0.15, 0.2) is 0 Å². The lowest BCUT2D eigenvalue weighted by Gasteiger charge is -2.26. The number of morpholine rings is 1. The molecular weight excluding hydrogens is 278 g/mol. The lowest BCUT2D eigenvalue weighted by molar-refractivity contribution is 0.0378. The van der Waals surface area contributed by atoms with E-state index < -0.39 is 29.2 Å². The summed E-state index contributed by atoms with van der Waals surface area (Å²) in [6.45, 7) is 3.86. The van der Waals surface area contributed by atoms with Crippen LogP contribution >= 0.6 is 0 Å². The zero-order valence-electron chi connectivity index (χ0n) is 10.8. The van der Waals surface area contributed by atoms with Crippen LogP contribution in [0.15, 0.2) is 0 Å². The molecule has 4 nitrogen and oxygen atoms in total. The topological polar surface area (TPSA) is 37.4 Å². The fraction of sp³-hybridized carbons (Fsp3) is 0.583. The van der Waals surface area contributed by atoms with Crippen molar-refractivity contribution in [2.45, 2.75) is 6.42 Å². The molecule has 1 saturated heterocycles. The van der Waals surface area contributed by atoms with Gasteiger partial charge < -0.3 is 10.1 Å². The number of nitrogens with one attached hydrogen (secondary N) is 1. The third kappa shape index (κ3) is 3.57. The van der Waals surface area contributed by atoms with Gasteiger partial charge in [0.25, 0.3) is 11.9 Å². The molecule has 20 heavy (non-hydrogen) atoms. The molecule has 1 aliphatic rings. The maximum Gasteiger partial charge on any atom is 0.253 e. The number of ether oxygens (including phenoxy) is 1. The molecule has 0 atom stereocenters. The number of hydrogen-bond donors (Lipinski definition) is 1. The average molecular weight is 293 g/mol. The number of aromatic nitrogens is 1. The van der Waals surface area contributed by atoms with Crippen molar-refractivity contribution in [1.29, 1.82) is 0 Å². The number of hydrogen-bond acceptors (Lipinski definition) is 4. The van der Waals surface area contributed by atoms with Gasteiger partial charge in [-0.1, -0.05) is 0 Å². The minimum Gasteiger partial charge on any atom is -0.380 e. The molecule has 8 heteroatoms. The van der Waals surface area contributed by atoms with Crippen molar-refractivity contribution in [3.63, 3.8) is 0 Å². The zero-order valence-corrected chi connectivity index (χ0v) is 10.8. The molecule has 0 radical (unpaired) electrons. The molecule has 0 bridgehead atoms. The van der Waals surface area contributed by atoms with E-state index in [1.54, 1.807) is 0 Å². The smallest absolute Gasteiger partial charge is 0.253 e. The molecule has 1 aromatic heterocycles. The fourth-order valence-electron chi connectivity index (χ4n) is 1.98. The molecule has 112 valence electrons. The van der Waals surface area contributed by atoms with Gasteiger partial charge in [-0.25, -0.2) is 0 Å². The highest BCUT2D eigenvalue weighted by Crippen LogP contribution is 2.21. The van der Waals surface area contributed by atoms with Crippen molar-refractivity contribution in [2.75, 3.05) is 44.7 Å². The van der Waals surface area contributed by atoms with Crippen LogP contribution in [-0.4, -0.2) is 49.3 Å². The Hall–Kier alpha value is -1.41. The summed E-state index contributed by atoms with van der Waals surface area (Å²) in [5, 5.41) is 2.37. The molecule has 2 rings (SSSR count). The van der Waals surface area contributed by atoms with E-state index in [0.717, 1.165) is 19.6 Å². The monoisotopic (exact) mass is 293 g/mol.